The lowest BCUT2D eigenvalue weighted by Crippen LogP contribution is -2.39. The van der Waals surface area contributed by atoms with E-state index in [1.54, 1.807) is 4.80 Å². The van der Waals surface area contributed by atoms with E-state index in [0.717, 1.165) is 82.6 Å². The van der Waals surface area contributed by atoms with Crippen molar-refractivity contribution in [2.24, 2.45) is 0 Å². The zero-order valence-corrected chi connectivity index (χ0v) is 31.2. The van der Waals surface area contributed by atoms with Gasteiger partial charge >= 0.3 is 5.97 Å². The average molecular weight is 715 g/mol. The van der Waals surface area contributed by atoms with Gasteiger partial charge in [-0.2, -0.15) is 5.10 Å². The predicted molar refractivity (Wildman–Crippen MR) is 213 cm³/mol. The van der Waals surface area contributed by atoms with Crippen molar-refractivity contribution < 1.29 is 9.53 Å². The number of esters is 1. The highest BCUT2D eigenvalue weighted by Gasteiger charge is 2.41. The molecule has 8 heteroatoms. The molecule has 0 N–H and O–H groups in total. The third-order valence-corrected chi connectivity index (χ3v) is 9.91. The van der Waals surface area contributed by atoms with Gasteiger partial charge in [0.2, 0.25) is 5.82 Å². The number of hydrogen-bond acceptors (Lipinski definition) is 6. The molecular formula is C46H46N6O2. The van der Waals surface area contributed by atoms with Gasteiger partial charge < -0.3 is 4.74 Å². The zero-order chi connectivity index (χ0) is 37.3. The van der Waals surface area contributed by atoms with E-state index in [-0.39, 0.29) is 5.97 Å². The quantitative estimate of drug-likeness (QED) is 0.0777. The van der Waals surface area contributed by atoms with E-state index < -0.39 is 5.54 Å². The molecule has 0 aliphatic carbocycles. The van der Waals surface area contributed by atoms with Crippen molar-refractivity contribution in [2.75, 3.05) is 6.61 Å². The number of ether oxygens (including phenoxy) is 1. The Hall–Kier alpha value is -6.15. The van der Waals surface area contributed by atoms with Gasteiger partial charge in [0.25, 0.3) is 0 Å². The van der Waals surface area contributed by atoms with Crippen molar-refractivity contribution in [1.82, 2.24) is 30.0 Å². The van der Waals surface area contributed by atoms with Gasteiger partial charge in [0.05, 0.1) is 18.0 Å². The summed E-state index contributed by atoms with van der Waals surface area (Å²) < 4.78 is 7.56. The Kier molecular flexibility index (Phi) is 11.2. The van der Waals surface area contributed by atoms with Crippen LogP contribution in [-0.4, -0.2) is 42.6 Å². The Labute approximate surface area is 317 Å². The summed E-state index contributed by atoms with van der Waals surface area (Å²) in [5.74, 6) is 0.241. The SMILES string of the molecule is CCCCn1nc(CCC)c(C(=O)OCC)c1Cc1ccc(-c2ccccc2-c2nnn(C(c3ccccc3)(c3ccccc3)c3ccccc3)n2)cc1. The van der Waals surface area contributed by atoms with Crippen molar-refractivity contribution >= 4 is 5.97 Å². The van der Waals surface area contributed by atoms with E-state index in [0.29, 0.717) is 24.4 Å². The number of aryl methyl sites for hydroxylation is 2. The van der Waals surface area contributed by atoms with Crippen LogP contribution in [-0.2, 0) is 29.7 Å². The molecule has 2 heterocycles. The lowest BCUT2D eigenvalue weighted by molar-refractivity contribution is 0.0523. The second kappa shape index (κ2) is 16.7. The summed E-state index contributed by atoms with van der Waals surface area (Å²) in [4.78, 5) is 15.0. The van der Waals surface area contributed by atoms with Gasteiger partial charge in [0.1, 0.15) is 5.56 Å². The number of rotatable bonds is 15. The number of nitrogens with zero attached hydrogens (tertiary/aromatic N) is 6. The number of carbonyl (C=O) groups excluding carboxylic acids is 1. The first-order chi connectivity index (χ1) is 26.6. The van der Waals surface area contributed by atoms with Gasteiger partial charge in [-0.3, -0.25) is 4.68 Å². The van der Waals surface area contributed by atoms with E-state index in [1.165, 1.54) is 0 Å². The van der Waals surface area contributed by atoms with Gasteiger partial charge in [0, 0.05) is 18.5 Å². The van der Waals surface area contributed by atoms with Crippen molar-refractivity contribution in [1.29, 1.82) is 0 Å². The molecule has 0 aliphatic heterocycles. The fourth-order valence-electron chi connectivity index (χ4n) is 7.35. The Morgan fingerprint density at radius 2 is 1.24 bits per heavy atom. The number of tetrazole rings is 1. The van der Waals surface area contributed by atoms with Crippen LogP contribution in [0.1, 0.15) is 84.0 Å². The number of carbonyl (C=O) groups is 1. The molecule has 0 atom stereocenters. The van der Waals surface area contributed by atoms with Crippen LogP contribution in [0.15, 0.2) is 140 Å². The lowest BCUT2D eigenvalue weighted by Gasteiger charge is -2.34. The Morgan fingerprint density at radius 1 is 0.667 bits per heavy atom. The Morgan fingerprint density at radius 3 is 1.80 bits per heavy atom. The fourth-order valence-corrected chi connectivity index (χ4v) is 7.35. The molecule has 7 aromatic rings. The molecule has 0 saturated carbocycles. The average Bonchev–Trinajstić information content (AvgIpc) is 3.84. The van der Waals surface area contributed by atoms with Gasteiger partial charge in [0.15, 0.2) is 5.54 Å². The highest BCUT2D eigenvalue weighted by molar-refractivity contribution is 5.92. The van der Waals surface area contributed by atoms with Gasteiger partial charge in [-0.1, -0.05) is 166 Å². The van der Waals surface area contributed by atoms with Gasteiger partial charge in [-0.25, -0.2) is 4.79 Å². The molecular weight excluding hydrogens is 669 g/mol. The van der Waals surface area contributed by atoms with Gasteiger partial charge in [-0.05, 0) is 58.4 Å². The summed E-state index contributed by atoms with van der Waals surface area (Å²) >= 11 is 0. The minimum Gasteiger partial charge on any atom is -0.462 e. The van der Waals surface area contributed by atoms with Crippen molar-refractivity contribution in [3.05, 3.63) is 179 Å². The summed E-state index contributed by atoms with van der Waals surface area (Å²) in [6, 6.07) is 47.8. The zero-order valence-electron chi connectivity index (χ0n) is 31.2. The maximum atomic E-state index is 13.3. The highest BCUT2D eigenvalue weighted by Crippen LogP contribution is 2.40. The number of unbranched alkanes of at least 4 members (excludes halogenated alkanes) is 1. The predicted octanol–water partition coefficient (Wildman–Crippen LogP) is 9.56. The number of benzene rings is 5. The van der Waals surface area contributed by atoms with Crippen LogP contribution in [0.5, 0.6) is 0 Å². The normalized spacial score (nSPS) is 11.5. The summed E-state index contributed by atoms with van der Waals surface area (Å²) in [7, 11) is 0. The smallest absolute Gasteiger partial charge is 0.341 e. The first kappa shape index (κ1) is 36.2. The molecule has 0 aliphatic rings. The largest absolute Gasteiger partial charge is 0.462 e. The Bertz CT molecular complexity index is 2180. The first-order valence-electron chi connectivity index (χ1n) is 19.0. The van der Waals surface area contributed by atoms with Crippen LogP contribution >= 0.6 is 0 Å². The lowest BCUT2D eigenvalue weighted by atomic mass is 9.77. The van der Waals surface area contributed by atoms with E-state index in [2.05, 4.69) is 80.6 Å². The van der Waals surface area contributed by atoms with Crippen LogP contribution in [0.4, 0.5) is 0 Å². The standard InChI is InChI=1S/C46H46N6O2/c1-4-7-32-51-42(43(45(53)54-6-3)41(48-51)19-5-2)33-34-28-30-35(31-29-34)39-26-17-18-27-40(39)44-47-50-52(49-44)46(36-20-11-8-12-21-36,37-22-13-9-14-23-37)38-24-15-10-16-25-38/h8-18,20-31H,4-7,19,32-33H2,1-3H3. The Balaban J connectivity index is 1.27. The topological polar surface area (TPSA) is 87.7 Å². The monoisotopic (exact) mass is 714 g/mol. The van der Waals surface area contributed by atoms with Crippen LogP contribution < -0.4 is 0 Å². The van der Waals surface area contributed by atoms with Crippen molar-refractivity contribution in [2.45, 2.75) is 65.0 Å². The van der Waals surface area contributed by atoms with Gasteiger partial charge in [-0.15, -0.1) is 15.0 Å². The van der Waals surface area contributed by atoms with Crippen molar-refractivity contribution in [3.8, 4) is 22.5 Å². The molecule has 0 radical (unpaired) electrons. The van der Waals surface area contributed by atoms with E-state index in [9.17, 15) is 4.79 Å². The first-order valence-corrected chi connectivity index (χ1v) is 19.0. The minimum atomic E-state index is -0.866. The molecule has 8 nitrogen and oxygen atoms in total. The summed E-state index contributed by atoms with van der Waals surface area (Å²) in [6.45, 7) is 7.21. The maximum absolute atomic E-state index is 13.3. The second-order valence-electron chi connectivity index (χ2n) is 13.4. The molecule has 7 rings (SSSR count). The fraction of sp³-hybridized carbons (Fsp3) is 0.239. The molecule has 2 aromatic heterocycles. The summed E-state index contributed by atoms with van der Waals surface area (Å²) in [5, 5.41) is 19.6. The van der Waals surface area contributed by atoms with Crippen molar-refractivity contribution in [3.63, 3.8) is 0 Å². The molecule has 272 valence electrons. The molecule has 0 amide bonds. The molecule has 0 bridgehead atoms. The van der Waals surface area contributed by atoms with Crippen LogP contribution in [0.2, 0.25) is 0 Å². The number of aromatic nitrogens is 6. The number of hydrogen-bond donors (Lipinski definition) is 0. The van der Waals surface area contributed by atoms with E-state index in [4.69, 9.17) is 25.2 Å². The third-order valence-electron chi connectivity index (χ3n) is 9.91. The maximum Gasteiger partial charge on any atom is 0.341 e. The molecule has 54 heavy (non-hydrogen) atoms. The molecule has 0 unspecified atom stereocenters. The molecule has 0 saturated heterocycles. The highest BCUT2D eigenvalue weighted by atomic mass is 16.5. The third kappa shape index (κ3) is 7.12. The van der Waals surface area contributed by atoms with E-state index in [1.807, 2.05) is 84.4 Å². The molecule has 0 spiro atoms. The molecule has 5 aromatic carbocycles. The van der Waals surface area contributed by atoms with Crippen LogP contribution in [0.25, 0.3) is 22.5 Å². The molecule has 0 fully saturated rings. The van der Waals surface area contributed by atoms with Crippen LogP contribution in [0.3, 0.4) is 0 Å². The minimum absolute atomic E-state index is 0.291. The van der Waals surface area contributed by atoms with Crippen LogP contribution in [0, 0.1) is 0 Å². The summed E-state index contributed by atoms with van der Waals surface area (Å²) in [6.07, 6.45) is 4.24. The van der Waals surface area contributed by atoms with E-state index >= 15 is 0 Å². The summed E-state index contributed by atoms with van der Waals surface area (Å²) in [5.41, 5.74) is 8.57. The second-order valence-corrected chi connectivity index (χ2v) is 13.4.